The lowest BCUT2D eigenvalue weighted by Gasteiger charge is -2.24. The zero-order chi connectivity index (χ0) is 31.7. The maximum Gasteiger partial charge on any atom is 0.253 e. The summed E-state index contributed by atoms with van der Waals surface area (Å²) in [5.41, 5.74) is 0. The molecule has 3 aliphatic heterocycles. The first-order valence-electron chi connectivity index (χ1n) is 13.8. The van der Waals surface area contributed by atoms with Gasteiger partial charge in [0.2, 0.25) is 0 Å². The average molecular weight is 594 g/mol. The highest BCUT2D eigenvalue weighted by Crippen LogP contribution is 2.10. The average Bonchev–Trinajstić information content (AvgIpc) is 3.57. The molecule has 0 aliphatic carbocycles. The lowest BCUT2D eigenvalue weighted by Crippen LogP contribution is -2.41. The van der Waals surface area contributed by atoms with E-state index >= 15 is 0 Å². The zero-order valence-corrected chi connectivity index (χ0v) is 25.0. The number of nitrogens with zero attached hydrogens (tertiary/aromatic N) is 3. The Labute approximate surface area is 246 Å². The Hall–Kier alpha value is -3.52. The van der Waals surface area contributed by atoms with Gasteiger partial charge in [-0.15, -0.1) is 0 Å². The normalized spacial score (nSPS) is 17.4. The molecule has 0 saturated carbocycles. The largest absolute Gasteiger partial charge is 0.395 e. The van der Waals surface area contributed by atoms with Crippen molar-refractivity contribution in [1.82, 2.24) is 14.7 Å². The van der Waals surface area contributed by atoms with Crippen LogP contribution in [0.2, 0.25) is 0 Å². The van der Waals surface area contributed by atoms with Crippen LogP contribution >= 0.6 is 0 Å². The van der Waals surface area contributed by atoms with E-state index in [1.807, 2.05) is 6.92 Å². The van der Waals surface area contributed by atoms with Gasteiger partial charge in [0, 0.05) is 50.1 Å². The molecule has 0 fully saturated rings. The highest BCUT2D eigenvalue weighted by molar-refractivity contribution is 6.14. The van der Waals surface area contributed by atoms with E-state index in [0.29, 0.717) is 38.9 Å². The smallest absolute Gasteiger partial charge is 0.253 e. The van der Waals surface area contributed by atoms with Crippen molar-refractivity contribution in [3.05, 3.63) is 36.5 Å². The number of imide groups is 3. The predicted molar refractivity (Wildman–Crippen MR) is 151 cm³/mol. The molecule has 0 aromatic rings. The minimum absolute atomic E-state index is 0.0880. The van der Waals surface area contributed by atoms with Crippen molar-refractivity contribution >= 4 is 35.4 Å². The second-order valence-electron chi connectivity index (χ2n) is 10.0. The molecule has 234 valence electrons. The molecule has 3 heterocycles. The van der Waals surface area contributed by atoms with Gasteiger partial charge in [0.15, 0.2) is 0 Å². The highest BCUT2D eigenvalue weighted by Gasteiger charge is 2.28. The van der Waals surface area contributed by atoms with E-state index in [1.54, 1.807) is 14.0 Å². The number of hydrogen-bond acceptors (Lipinski definition) is 10. The number of methoxy groups -OCH3 is 1. The van der Waals surface area contributed by atoms with Crippen LogP contribution in [0.5, 0.6) is 0 Å². The highest BCUT2D eigenvalue weighted by atomic mass is 16.5. The molecule has 0 saturated heterocycles. The molecule has 2 unspecified atom stereocenters. The molecule has 0 bridgehead atoms. The fourth-order valence-electron chi connectivity index (χ4n) is 3.72. The van der Waals surface area contributed by atoms with E-state index in [0.717, 1.165) is 17.7 Å². The minimum atomic E-state index is -0.348. The van der Waals surface area contributed by atoms with Crippen molar-refractivity contribution in [3.8, 4) is 0 Å². The third-order valence-electron chi connectivity index (χ3n) is 5.98. The maximum atomic E-state index is 11.4. The molecule has 13 heteroatoms. The lowest BCUT2D eigenvalue weighted by atomic mass is 10.1. The molecule has 42 heavy (non-hydrogen) atoms. The van der Waals surface area contributed by atoms with Crippen molar-refractivity contribution in [3.63, 3.8) is 0 Å². The van der Waals surface area contributed by atoms with Crippen LogP contribution in [0.1, 0.15) is 40.5 Å². The minimum Gasteiger partial charge on any atom is -0.395 e. The molecule has 0 aromatic carbocycles. The van der Waals surface area contributed by atoms with Crippen molar-refractivity contribution in [2.24, 2.45) is 5.92 Å². The maximum absolute atomic E-state index is 11.4. The van der Waals surface area contributed by atoms with Gasteiger partial charge in [0.1, 0.15) is 0 Å². The van der Waals surface area contributed by atoms with Gasteiger partial charge < -0.3 is 19.3 Å². The number of aliphatic hydroxyl groups is 1. The molecule has 0 aromatic heterocycles. The first kappa shape index (κ1) is 36.5. The SMILES string of the molecule is CC(C)CCCN1C(=O)C=CC1=O.COCCOCC(C)OCC(C)N1C(=O)C=CC1=O.O=C1C=CC(=O)N1CCO. The predicted octanol–water partition coefficient (Wildman–Crippen LogP) is 0.619. The van der Waals surface area contributed by atoms with Gasteiger partial charge in [0.05, 0.1) is 51.7 Å². The van der Waals surface area contributed by atoms with Crippen LogP contribution in [0.15, 0.2) is 36.5 Å². The quantitative estimate of drug-likeness (QED) is 0.211. The first-order chi connectivity index (χ1) is 19.9. The molecular formula is C29H43N3O10. The fraction of sp³-hybridized carbons (Fsp3) is 0.586. The summed E-state index contributed by atoms with van der Waals surface area (Å²) in [5, 5.41) is 8.39. The van der Waals surface area contributed by atoms with Crippen molar-refractivity contribution in [2.75, 3.05) is 53.2 Å². The summed E-state index contributed by atoms with van der Waals surface area (Å²) in [6, 6.07) is -0.281. The molecule has 13 nitrogen and oxygen atoms in total. The number of rotatable bonds is 15. The van der Waals surface area contributed by atoms with Gasteiger partial charge in [-0.05, 0) is 32.6 Å². The Balaban J connectivity index is 0.000000333. The number of carbonyl (C=O) groups is 6. The van der Waals surface area contributed by atoms with Gasteiger partial charge in [-0.2, -0.15) is 0 Å². The van der Waals surface area contributed by atoms with E-state index in [4.69, 9.17) is 19.3 Å². The summed E-state index contributed by atoms with van der Waals surface area (Å²) < 4.78 is 15.7. The summed E-state index contributed by atoms with van der Waals surface area (Å²) in [4.78, 5) is 69.9. The number of aliphatic hydroxyl groups excluding tert-OH is 1. The van der Waals surface area contributed by atoms with Crippen molar-refractivity contribution in [2.45, 2.75) is 52.7 Å². The summed E-state index contributed by atoms with van der Waals surface area (Å²) in [6.07, 6.45) is 9.45. The number of hydrogen-bond donors (Lipinski definition) is 1. The fourth-order valence-corrected chi connectivity index (χ4v) is 3.72. The molecule has 1 N–H and O–H groups in total. The molecule has 0 radical (unpaired) electrons. The van der Waals surface area contributed by atoms with E-state index in [9.17, 15) is 28.8 Å². The third-order valence-corrected chi connectivity index (χ3v) is 5.98. The first-order valence-corrected chi connectivity index (χ1v) is 13.8. The van der Waals surface area contributed by atoms with Crippen LogP contribution in [0.4, 0.5) is 0 Å². The van der Waals surface area contributed by atoms with Gasteiger partial charge in [-0.1, -0.05) is 13.8 Å². The third kappa shape index (κ3) is 13.0. The molecule has 6 amide bonds. The molecule has 0 spiro atoms. The van der Waals surface area contributed by atoms with Crippen molar-refractivity contribution in [1.29, 1.82) is 0 Å². The zero-order valence-electron chi connectivity index (χ0n) is 25.0. The van der Waals surface area contributed by atoms with E-state index < -0.39 is 0 Å². The van der Waals surface area contributed by atoms with Gasteiger partial charge in [0.25, 0.3) is 35.4 Å². The van der Waals surface area contributed by atoms with Gasteiger partial charge in [-0.3, -0.25) is 43.5 Å². The summed E-state index contributed by atoms with van der Waals surface area (Å²) in [6.45, 7) is 10.2. The number of carbonyl (C=O) groups excluding carboxylic acids is 6. The van der Waals surface area contributed by atoms with Gasteiger partial charge in [-0.25, -0.2) is 0 Å². The van der Waals surface area contributed by atoms with E-state index in [1.165, 1.54) is 46.3 Å². The van der Waals surface area contributed by atoms with Crippen LogP contribution in [-0.4, -0.2) is 121 Å². The van der Waals surface area contributed by atoms with Crippen LogP contribution in [0.3, 0.4) is 0 Å². The van der Waals surface area contributed by atoms with Crippen LogP contribution in [-0.2, 0) is 43.0 Å². The summed E-state index contributed by atoms with van der Waals surface area (Å²) >= 11 is 0. The monoisotopic (exact) mass is 593 g/mol. The second kappa shape index (κ2) is 19.6. The standard InChI is InChI=1S/C13H21NO5.C10H15NO2.C6H7NO3/c1-10(14-12(15)4-5-13(14)16)8-19-11(2)9-18-7-6-17-3;1-8(2)4-3-7-11-9(12)5-6-10(11)13;8-4-3-7-5(9)1-2-6(7)10/h4-5,10-11H,6-9H2,1-3H3;5-6,8H,3-4,7H2,1-2H3;1-2,8H,3-4H2. The van der Waals surface area contributed by atoms with Crippen molar-refractivity contribution < 1.29 is 48.1 Å². The molecule has 3 aliphatic rings. The molecule has 2 atom stereocenters. The van der Waals surface area contributed by atoms with E-state index in [2.05, 4.69) is 13.8 Å². The Kier molecular flexibility index (Phi) is 17.0. The number of amides is 6. The lowest BCUT2D eigenvalue weighted by molar-refractivity contribution is -0.142. The van der Waals surface area contributed by atoms with Crippen LogP contribution < -0.4 is 0 Å². The molecular weight excluding hydrogens is 550 g/mol. The Morgan fingerprint density at radius 2 is 1.17 bits per heavy atom. The summed E-state index contributed by atoms with van der Waals surface area (Å²) in [5.74, 6) is -0.989. The molecule has 3 rings (SSSR count). The van der Waals surface area contributed by atoms with E-state index in [-0.39, 0.29) is 60.7 Å². The second-order valence-corrected chi connectivity index (χ2v) is 10.0. The number of β-amino-alcohol motifs (C(OH)–C–C–N with tert-alkyl or cyclic N) is 1. The Morgan fingerprint density at radius 1 is 0.690 bits per heavy atom. The Bertz CT molecular complexity index is 983. The topological polar surface area (TPSA) is 160 Å². The summed E-state index contributed by atoms with van der Waals surface area (Å²) in [7, 11) is 1.61. The van der Waals surface area contributed by atoms with Crippen LogP contribution in [0, 0.1) is 5.92 Å². The Morgan fingerprint density at radius 3 is 1.62 bits per heavy atom. The van der Waals surface area contributed by atoms with Crippen LogP contribution in [0.25, 0.3) is 0 Å². The van der Waals surface area contributed by atoms with Gasteiger partial charge >= 0.3 is 0 Å². The number of ether oxygens (including phenoxy) is 3.